The van der Waals surface area contributed by atoms with Gasteiger partial charge in [-0.2, -0.15) is 0 Å². The second kappa shape index (κ2) is 7.15. The van der Waals surface area contributed by atoms with Gasteiger partial charge in [0.1, 0.15) is 10.6 Å². The van der Waals surface area contributed by atoms with E-state index in [2.05, 4.69) is 4.99 Å². The molecular weight excluding hydrogens is 324 g/mol. The number of nitrogens with zero attached hydrogens (tertiary/aromatic N) is 1. The van der Waals surface area contributed by atoms with Crippen LogP contribution in [0.5, 0.6) is 5.75 Å². The molecule has 0 spiro atoms. The van der Waals surface area contributed by atoms with Gasteiger partial charge in [-0.25, -0.2) is 13.6 Å². The molecular formula is C18H22N2O3S. The number of hydrogen-bond donors (Lipinski definition) is 1. The first kappa shape index (κ1) is 18.2. The van der Waals surface area contributed by atoms with E-state index < -0.39 is 10.0 Å². The minimum Gasteiger partial charge on any atom is -0.491 e. The van der Waals surface area contributed by atoms with E-state index in [4.69, 9.17) is 9.88 Å². The van der Waals surface area contributed by atoms with Crippen LogP contribution in [0.4, 0.5) is 5.69 Å². The van der Waals surface area contributed by atoms with Crippen LogP contribution in [-0.4, -0.2) is 20.2 Å². The number of benzene rings is 2. The Morgan fingerprint density at radius 2 is 1.88 bits per heavy atom. The smallest absolute Gasteiger partial charge is 0.240 e. The summed E-state index contributed by atoms with van der Waals surface area (Å²) in [5, 5.41) is 5.28. The molecule has 0 bridgehead atoms. The van der Waals surface area contributed by atoms with Crippen LogP contribution in [0.25, 0.3) is 0 Å². The van der Waals surface area contributed by atoms with Gasteiger partial charge in [0.15, 0.2) is 0 Å². The van der Waals surface area contributed by atoms with Crippen molar-refractivity contribution in [2.75, 3.05) is 0 Å². The lowest BCUT2D eigenvalue weighted by Gasteiger charge is -2.11. The number of ether oxygens (including phenoxy) is 1. The number of aryl methyl sites for hydroxylation is 1. The van der Waals surface area contributed by atoms with Gasteiger partial charge in [0, 0.05) is 5.71 Å². The quantitative estimate of drug-likeness (QED) is 0.840. The summed E-state index contributed by atoms with van der Waals surface area (Å²) < 4.78 is 29.2. The van der Waals surface area contributed by atoms with Crippen molar-refractivity contribution in [2.45, 2.75) is 38.7 Å². The van der Waals surface area contributed by atoms with E-state index in [0.717, 1.165) is 16.9 Å². The van der Waals surface area contributed by atoms with Gasteiger partial charge < -0.3 is 4.74 Å². The SMILES string of the molecule is CC(=Nc1cc(C)ccc1S(N)(=O)=O)c1cccc(OC(C)C)c1. The molecule has 2 N–H and O–H groups in total. The standard InChI is InChI=1S/C18H22N2O3S/c1-12(2)23-16-7-5-6-15(11-16)14(4)20-17-10-13(3)8-9-18(17)24(19,21)22/h5-12H,1-4H3,(H2,19,21,22). The van der Waals surface area contributed by atoms with E-state index in [1.54, 1.807) is 12.1 Å². The van der Waals surface area contributed by atoms with Crippen molar-refractivity contribution in [3.05, 3.63) is 53.6 Å². The van der Waals surface area contributed by atoms with Gasteiger partial charge in [0.05, 0.1) is 11.8 Å². The second-order valence-corrected chi connectivity index (χ2v) is 7.44. The lowest BCUT2D eigenvalue weighted by Crippen LogP contribution is -2.12. The molecule has 0 saturated carbocycles. The first-order valence-electron chi connectivity index (χ1n) is 7.62. The van der Waals surface area contributed by atoms with Crippen molar-refractivity contribution in [3.8, 4) is 5.75 Å². The van der Waals surface area contributed by atoms with Crippen LogP contribution in [0, 0.1) is 6.92 Å². The fourth-order valence-electron chi connectivity index (χ4n) is 2.27. The maximum atomic E-state index is 11.7. The van der Waals surface area contributed by atoms with E-state index in [0.29, 0.717) is 11.4 Å². The van der Waals surface area contributed by atoms with Crippen molar-refractivity contribution in [2.24, 2.45) is 10.1 Å². The number of hydrogen-bond acceptors (Lipinski definition) is 4. The molecule has 0 amide bonds. The molecule has 6 heteroatoms. The van der Waals surface area contributed by atoms with Gasteiger partial charge >= 0.3 is 0 Å². The third-order valence-electron chi connectivity index (χ3n) is 3.33. The van der Waals surface area contributed by atoms with E-state index in [9.17, 15) is 8.42 Å². The zero-order chi connectivity index (χ0) is 17.9. The Bertz CT molecular complexity index is 872. The van der Waals surface area contributed by atoms with Gasteiger partial charge in [-0.3, -0.25) is 4.99 Å². The van der Waals surface area contributed by atoms with Gasteiger partial charge in [-0.05, 0) is 63.1 Å². The molecule has 0 aliphatic carbocycles. The lowest BCUT2D eigenvalue weighted by molar-refractivity contribution is 0.242. The van der Waals surface area contributed by atoms with Gasteiger partial charge in [-0.1, -0.05) is 18.2 Å². The number of aliphatic imine (C=N–C) groups is 1. The first-order valence-corrected chi connectivity index (χ1v) is 9.17. The molecule has 24 heavy (non-hydrogen) atoms. The van der Waals surface area contributed by atoms with Crippen LogP contribution in [-0.2, 0) is 10.0 Å². The Balaban J connectivity index is 2.47. The predicted octanol–water partition coefficient (Wildman–Crippen LogP) is 3.57. The number of sulfonamides is 1. The average molecular weight is 346 g/mol. The van der Waals surface area contributed by atoms with Crippen molar-refractivity contribution >= 4 is 21.4 Å². The number of nitrogens with two attached hydrogens (primary N) is 1. The summed E-state index contributed by atoms with van der Waals surface area (Å²) in [6.45, 7) is 7.61. The molecule has 5 nitrogen and oxygen atoms in total. The van der Waals surface area contributed by atoms with E-state index >= 15 is 0 Å². The summed E-state index contributed by atoms with van der Waals surface area (Å²) >= 11 is 0. The molecule has 0 fully saturated rings. The largest absolute Gasteiger partial charge is 0.491 e. The summed E-state index contributed by atoms with van der Waals surface area (Å²) in [4.78, 5) is 4.49. The van der Waals surface area contributed by atoms with Crippen LogP contribution in [0.2, 0.25) is 0 Å². The van der Waals surface area contributed by atoms with Crippen molar-refractivity contribution in [1.82, 2.24) is 0 Å². The van der Waals surface area contributed by atoms with Crippen LogP contribution in [0.15, 0.2) is 52.4 Å². The van der Waals surface area contributed by atoms with Crippen molar-refractivity contribution in [1.29, 1.82) is 0 Å². The van der Waals surface area contributed by atoms with E-state index in [1.807, 2.05) is 52.0 Å². The molecule has 0 aromatic heterocycles. The predicted molar refractivity (Wildman–Crippen MR) is 96.6 cm³/mol. The molecule has 0 unspecified atom stereocenters. The summed E-state index contributed by atoms with van der Waals surface area (Å²) in [5.74, 6) is 0.743. The molecule has 0 atom stereocenters. The van der Waals surface area contributed by atoms with Crippen molar-refractivity contribution < 1.29 is 13.2 Å². The Morgan fingerprint density at radius 3 is 2.50 bits per heavy atom. The molecule has 2 aromatic carbocycles. The molecule has 2 rings (SSSR count). The van der Waals surface area contributed by atoms with Crippen LogP contribution in [0.3, 0.4) is 0 Å². The highest BCUT2D eigenvalue weighted by molar-refractivity contribution is 7.89. The molecule has 0 saturated heterocycles. The van der Waals surface area contributed by atoms with Crippen LogP contribution < -0.4 is 9.88 Å². The molecule has 0 radical (unpaired) electrons. The zero-order valence-corrected chi connectivity index (χ0v) is 15.1. The summed E-state index contributed by atoms with van der Waals surface area (Å²) in [6.07, 6.45) is 0.0725. The molecule has 0 aliphatic heterocycles. The minimum atomic E-state index is -3.83. The van der Waals surface area contributed by atoms with Gasteiger partial charge in [0.25, 0.3) is 0 Å². The minimum absolute atomic E-state index is 0.0158. The molecule has 0 aliphatic rings. The highest BCUT2D eigenvalue weighted by Crippen LogP contribution is 2.26. The highest BCUT2D eigenvalue weighted by Gasteiger charge is 2.14. The van der Waals surface area contributed by atoms with E-state index in [1.165, 1.54) is 6.07 Å². The number of rotatable bonds is 5. The maximum absolute atomic E-state index is 11.7. The normalized spacial score (nSPS) is 12.5. The highest BCUT2D eigenvalue weighted by atomic mass is 32.2. The summed E-state index contributed by atoms with van der Waals surface area (Å²) in [7, 11) is -3.83. The fraction of sp³-hybridized carbons (Fsp3) is 0.278. The van der Waals surface area contributed by atoms with E-state index in [-0.39, 0.29) is 11.0 Å². The third kappa shape index (κ3) is 4.66. The number of primary sulfonamides is 1. The summed E-state index contributed by atoms with van der Waals surface area (Å²) in [5.41, 5.74) is 2.78. The molecule has 2 aromatic rings. The lowest BCUT2D eigenvalue weighted by atomic mass is 10.1. The average Bonchev–Trinajstić information content (AvgIpc) is 2.45. The first-order chi connectivity index (χ1) is 11.2. The van der Waals surface area contributed by atoms with Gasteiger partial charge in [-0.15, -0.1) is 0 Å². The van der Waals surface area contributed by atoms with Gasteiger partial charge in [0.2, 0.25) is 10.0 Å². The second-order valence-electron chi connectivity index (χ2n) is 5.91. The fourth-order valence-corrected chi connectivity index (χ4v) is 2.92. The topological polar surface area (TPSA) is 81.8 Å². The van der Waals surface area contributed by atoms with Crippen molar-refractivity contribution in [3.63, 3.8) is 0 Å². The monoisotopic (exact) mass is 346 g/mol. The molecule has 128 valence electrons. The Hall–Kier alpha value is -2.18. The van der Waals surface area contributed by atoms with Crippen LogP contribution in [0.1, 0.15) is 31.9 Å². The Kier molecular flexibility index (Phi) is 5.41. The Morgan fingerprint density at radius 1 is 1.17 bits per heavy atom. The molecule has 0 heterocycles. The summed E-state index contributed by atoms with van der Waals surface area (Å²) in [6, 6.07) is 12.4. The maximum Gasteiger partial charge on any atom is 0.240 e. The van der Waals surface area contributed by atoms with Crippen LogP contribution >= 0.6 is 0 Å². The zero-order valence-electron chi connectivity index (χ0n) is 14.3. The third-order valence-corrected chi connectivity index (χ3v) is 4.29. The Labute approximate surface area is 143 Å².